The Morgan fingerprint density at radius 2 is 1.51 bits per heavy atom. The van der Waals surface area contributed by atoms with Crippen molar-refractivity contribution in [2.75, 3.05) is 26.2 Å². The molecule has 0 radical (unpaired) electrons. The van der Waals surface area contributed by atoms with Gasteiger partial charge in [-0.25, -0.2) is 4.79 Å². The topological polar surface area (TPSA) is 79.3 Å². The molecular formula is C29H37F3N2O5. The maximum Gasteiger partial charge on any atom is 0.421 e. The van der Waals surface area contributed by atoms with Crippen LogP contribution in [0, 0.1) is 0 Å². The average molecular weight is 551 g/mol. The Bertz CT molecular complexity index is 1130. The van der Waals surface area contributed by atoms with Crippen LogP contribution in [0.4, 0.5) is 18.0 Å². The number of nitrogens with zero attached hydrogens (tertiary/aromatic N) is 2. The van der Waals surface area contributed by atoms with Crippen molar-refractivity contribution in [3.63, 3.8) is 0 Å². The number of aliphatic hydroxyl groups is 1. The Labute approximate surface area is 227 Å². The number of rotatable bonds is 7. The van der Waals surface area contributed by atoms with E-state index in [4.69, 9.17) is 9.47 Å². The first-order chi connectivity index (χ1) is 18.1. The molecule has 2 unspecified atom stereocenters. The van der Waals surface area contributed by atoms with Gasteiger partial charge in [-0.1, -0.05) is 48.5 Å². The summed E-state index contributed by atoms with van der Waals surface area (Å²) in [6, 6.07) is 13.0. The Morgan fingerprint density at radius 3 is 2.03 bits per heavy atom. The van der Waals surface area contributed by atoms with Crippen LogP contribution in [-0.4, -0.2) is 71.0 Å². The highest BCUT2D eigenvalue weighted by Crippen LogP contribution is 2.39. The molecule has 3 rings (SSSR count). The number of ether oxygens (including phenoxy) is 2. The van der Waals surface area contributed by atoms with E-state index in [0.29, 0.717) is 26.2 Å². The summed E-state index contributed by atoms with van der Waals surface area (Å²) in [5.41, 5.74) is -1.26. The molecule has 214 valence electrons. The van der Waals surface area contributed by atoms with Crippen LogP contribution in [0.3, 0.4) is 0 Å². The second kappa shape index (κ2) is 12.0. The van der Waals surface area contributed by atoms with Crippen LogP contribution in [0.15, 0.2) is 48.5 Å². The monoisotopic (exact) mass is 550 g/mol. The molecule has 1 fully saturated rings. The van der Waals surface area contributed by atoms with E-state index in [9.17, 15) is 27.9 Å². The van der Waals surface area contributed by atoms with Gasteiger partial charge < -0.3 is 19.5 Å². The summed E-state index contributed by atoms with van der Waals surface area (Å²) in [6.45, 7) is 10.1. The van der Waals surface area contributed by atoms with Gasteiger partial charge >= 0.3 is 18.2 Å². The number of hydrogen-bond acceptors (Lipinski definition) is 6. The number of hydrogen-bond donors (Lipinski definition) is 1. The number of alkyl halides is 3. The van der Waals surface area contributed by atoms with E-state index in [-0.39, 0.29) is 30.6 Å². The quantitative estimate of drug-likeness (QED) is 0.459. The van der Waals surface area contributed by atoms with E-state index >= 15 is 0 Å². The lowest BCUT2D eigenvalue weighted by molar-refractivity contribution is -0.258. The fraction of sp³-hybridized carbons (Fsp3) is 0.517. The second-order valence-electron chi connectivity index (χ2n) is 10.9. The zero-order valence-corrected chi connectivity index (χ0v) is 23.0. The van der Waals surface area contributed by atoms with Gasteiger partial charge in [0.25, 0.3) is 0 Å². The van der Waals surface area contributed by atoms with Crippen molar-refractivity contribution in [3.8, 4) is 11.1 Å². The first kappa shape index (κ1) is 30.4. The minimum atomic E-state index is -4.78. The lowest BCUT2D eigenvalue weighted by Crippen LogP contribution is -2.55. The van der Waals surface area contributed by atoms with Gasteiger partial charge in [0.05, 0.1) is 13.0 Å². The lowest BCUT2D eigenvalue weighted by atomic mass is 9.93. The van der Waals surface area contributed by atoms with E-state index in [0.717, 1.165) is 23.6 Å². The largest absolute Gasteiger partial charge is 0.466 e. The highest BCUT2D eigenvalue weighted by molar-refractivity contribution is 5.71. The van der Waals surface area contributed by atoms with Crippen LogP contribution >= 0.6 is 0 Å². The number of benzene rings is 2. The highest BCUT2D eigenvalue weighted by atomic mass is 19.4. The van der Waals surface area contributed by atoms with Crippen LogP contribution < -0.4 is 0 Å². The van der Waals surface area contributed by atoms with Crippen LogP contribution in [0.1, 0.15) is 52.2 Å². The normalized spacial score (nSPS) is 18.4. The molecule has 39 heavy (non-hydrogen) atoms. The molecule has 0 bridgehead atoms. The zero-order chi connectivity index (χ0) is 29.0. The Kier molecular flexibility index (Phi) is 9.33. The predicted octanol–water partition coefficient (Wildman–Crippen LogP) is 5.50. The summed E-state index contributed by atoms with van der Waals surface area (Å²) in [4.78, 5) is 28.7. The molecule has 1 amide bonds. The molecule has 1 N–H and O–H groups in total. The van der Waals surface area contributed by atoms with Crippen molar-refractivity contribution in [2.24, 2.45) is 0 Å². The van der Waals surface area contributed by atoms with Crippen molar-refractivity contribution in [1.29, 1.82) is 0 Å². The number of carbonyl (C=O) groups excluding carboxylic acids is 2. The SMILES string of the molecule is CCOC(=O)CC1CN(C(=O)OC(C)(C)C)CCN1Cc1ccc(-c2ccc(C(C)(O)C(F)(F)F)cc2)cc1. The van der Waals surface area contributed by atoms with E-state index in [2.05, 4.69) is 4.90 Å². The van der Waals surface area contributed by atoms with Gasteiger partial charge in [-0.15, -0.1) is 0 Å². The number of carbonyl (C=O) groups is 2. The molecule has 2 aromatic carbocycles. The average Bonchev–Trinajstić information content (AvgIpc) is 2.84. The molecule has 1 saturated heterocycles. The fourth-order valence-electron chi connectivity index (χ4n) is 4.39. The highest BCUT2D eigenvalue weighted by Gasteiger charge is 2.51. The zero-order valence-electron chi connectivity index (χ0n) is 23.0. The standard InChI is InChI=1S/C29H37F3N2O5/c1-6-38-25(35)17-24-19-34(26(36)39-27(2,3)4)16-15-33(24)18-20-7-9-21(10-8-20)22-11-13-23(14-12-22)28(5,37)29(30,31)32/h7-14,24,37H,6,15-19H2,1-5H3. The van der Waals surface area contributed by atoms with E-state index in [1.165, 1.54) is 12.1 Å². The smallest absolute Gasteiger partial charge is 0.421 e. The first-order valence-corrected chi connectivity index (χ1v) is 13.0. The maximum atomic E-state index is 13.1. The van der Waals surface area contributed by atoms with Crippen molar-refractivity contribution in [2.45, 2.75) is 71.0 Å². The molecule has 1 aliphatic heterocycles. The van der Waals surface area contributed by atoms with Crippen molar-refractivity contribution < 1.29 is 37.3 Å². The van der Waals surface area contributed by atoms with Gasteiger partial charge in [-0.2, -0.15) is 13.2 Å². The van der Waals surface area contributed by atoms with Gasteiger partial charge in [0.15, 0.2) is 5.60 Å². The molecule has 0 saturated carbocycles. The van der Waals surface area contributed by atoms with Crippen LogP contribution in [0.5, 0.6) is 0 Å². The van der Waals surface area contributed by atoms with Crippen LogP contribution in [0.2, 0.25) is 0 Å². The minimum Gasteiger partial charge on any atom is -0.466 e. The van der Waals surface area contributed by atoms with Crippen LogP contribution in [0.25, 0.3) is 11.1 Å². The molecule has 0 aromatic heterocycles. The Morgan fingerprint density at radius 1 is 0.949 bits per heavy atom. The fourth-order valence-corrected chi connectivity index (χ4v) is 4.39. The third-order valence-electron chi connectivity index (χ3n) is 6.64. The Balaban J connectivity index is 1.71. The Hall–Kier alpha value is -3.11. The van der Waals surface area contributed by atoms with Crippen LogP contribution in [-0.2, 0) is 26.4 Å². The summed E-state index contributed by atoms with van der Waals surface area (Å²) in [6.07, 6.45) is -5.05. The van der Waals surface area contributed by atoms with Gasteiger partial charge in [0.1, 0.15) is 5.60 Å². The summed E-state index contributed by atoms with van der Waals surface area (Å²) >= 11 is 0. The molecule has 7 nitrogen and oxygen atoms in total. The van der Waals surface area contributed by atoms with Crippen molar-refractivity contribution in [3.05, 3.63) is 59.7 Å². The first-order valence-electron chi connectivity index (χ1n) is 13.0. The minimum absolute atomic E-state index is 0.138. The van der Waals surface area contributed by atoms with Gasteiger partial charge in [-0.05, 0) is 56.9 Å². The van der Waals surface area contributed by atoms with E-state index in [1.54, 1.807) is 44.7 Å². The number of halogens is 3. The summed E-state index contributed by atoms with van der Waals surface area (Å²) in [5.74, 6) is -0.332. The molecule has 1 heterocycles. The van der Waals surface area contributed by atoms with Crippen molar-refractivity contribution in [1.82, 2.24) is 9.80 Å². The summed E-state index contributed by atoms with van der Waals surface area (Å²) < 4.78 is 50.1. The summed E-state index contributed by atoms with van der Waals surface area (Å²) in [5, 5.41) is 9.89. The third-order valence-corrected chi connectivity index (χ3v) is 6.64. The number of amides is 1. The van der Waals surface area contributed by atoms with E-state index in [1.807, 2.05) is 24.3 Å². The molecule has 0 aliphatic carbocycles. The molecule has 2 aromatic rings. The van der Waals surface area contributed by atoms with Crippen molar-refractivity contribution >= 4 is 12.1 Å². The number of piperazine rings is 1. The number of esters is 1. The van der Waals surface area contributed by atoms with Gasteiger partial charge in [0, 0.05) is 32.2 Å². The molecule has 2 atom stereocenters. The van der Waals surface area contributed by atoms with Gasteiger partial charge in [0.2, 0.25) is 0 Å². The van der Waals surface area contributed by atoms with Gasteiger partial charge in [-0.3, -0.25) is 9.69 Å². The molecule has 0 spiro atoms. The molecule has 10 heteroatoms. The van der Waals surface area contributed by atoms with E-state index < -0.39 is 23.5 Å². The lowest BCUT2D eigenvalue weighted by Gasteiger charge is -2.41. The maximum absolute atomic E-state index is 13.1. The third kappa shape index (κ3) is 7.95. The second-order valence-corrected chi connectivity index (χ2v) is 10.9. The molecular weight excluding hydrogens is 513 g/mol. The molecule has 1 aliphatic rings. The summed E-state index contributed by atoms with van der Waals surface area (Å²) in [7, 11) is 0. The predicted molar refractivity (Wildman–Crippen MR) is 141 cm³/mol.